The number of benzene rings is 3. The number of hydrazone groups is 1. The van der Waals surface area contributed by atoms with Gasteiger partial charge in [0.05, 0.1) is 18.6 Å². The van der Waals surface area contributed by atoms with E-state index in [2.05, 4.69) is 20.7 Å². The fraction of sp³-hybridized carbons (Fsp3) is 0.120. The van der Waals surface area contributed by atoms with E-state index in [9.17, 15) is 9.90 Å². The number of phenols is 1. The summed E-state index contributed by atoms with van der Waals surface area (Å²) in [6.45, 7) is 2.53. The molecule has 0 aliphatic heterocycles. The molecule has 2 N–H and O–H groups in total. The van der Waals surface area contributed by atoms with E-state index in [-0.39, 0.29) is 17.4 Å². The summed E-state index contributed by atoms with van der Waals surface area (Å²) in [6.07, 6.45) is 1.47. The fourth-order valence-corrected chi connectivity index (χ4v) is 3.92. The third-order valence-electron chi connectivity index (χ3n) is 4.68. The van der Waals surface area contributed by atoms with Crippen molar-refractivity contribution in [1.29, 1.82) is 0 Å². The van der Waals surface area contributed by atoms with Gasteiger partial charge in [-0.1, -0.05) is 54.2 Å². The van der Waals surface area contributed by atoms with Crippen molar-refractivity contribution in [3.05, 3.63) is 84.4 Å². The Labute approximate surface area is 201 Å². The molecule has 8 nitrogen and oxygen atoms in total. The Bertz CT molecular complexity index is 1270. The van der Waals surface area contributed by atoms with Crippen molar-refractivity contribution in [2.24, 2.45) is 5.10 Å². The molecule has 0 unspecified atom stereocenters. The summed E-state index contributed by atoms with van der Waals surface area (Å²) in [7, 11) is 0. The Morgan fingerprint density at radius 3 is 2.62 bits per heavy atom. The smallest absolute Gasteiger partial charge is 0.250 e. The number of hydrogen-bond acceptors (Lipinski definition) is 7. The predicted molar refractivity (Wildman–Crippen MR) is 133 cm³/mol. The van der Waals surface area contributed by atoms with Gasteiger partial charge in [0.2, 0.25) is 0 Å². The highest BCUT2D eigenvalue weighted by atomic mass is 32.2. The summed E-state index contributed by atoms with van der Waals surface area (Å²) in [6, 6.07) is 24.0. The minimum absolute atomic E-state index is 0.0985. The normalized spacial score (nSPS) is 11.0. The molecule has 1 heterocycles. The molecule has 34 heavy (non-hydrogen) atoms. The second-order valence-corrected chi connectivity index (χ2v) is 8.05. The number of nitrogens with one attached hydrogen (secondary N) is 1. The zero-order chi connectivity index (χ0) is 23.8. The third kappa shape index (κ3) is 5.81. The minimum atomic E-state index is -0.288. The first kappa shape index (κ1) is 23.1. The quantitative estimate of drug-likeness (QED) is 0.214. The average molecular weight is 474 g/mol. The van der Waals surface area contributed by atoms with Crippen LogP contribution >= 0.6 is 11.8 Å². The Hall–Kier alpha value is -4.11. The molecule has 4 aromatic rings. The molecular weight excluding hydrogens is 450 g/mol. The summed E-state index contributed by atoms with van der Waals surface area (Å²) < 4.78 is 7.47. The third-order valence-corrected chi connectivity index (χ3v) is 5.61. The second kappa shape index (κ2) is 11.2. The molecule has 0 aliphatic rings. The molecule has 1 amide bonds. The van der Waals surface area contributed by atoms with Crippen LogP contribution in [0.2, 0.25) is 0 Å². The van der Waals surface area contributed by atoms with E-state index >= 15 is 0 Å². The van der Waals surface area contributed by atoms with E-state index < -0.39 is 0 Å². The highest BCUT2D eigenvalue weighted by Gasteiger charge is 2.17. The van der Waals surface area contributed by atoms with Crippen LogP contribution in [-0.2, 0) is 4.79 Å². The molecule has 9 heteroatoms. The number of thioether (sulfide) groups is 1. The maximum atomic E-state index is 12.3. The van der Waals surface area contributed by atoms with Gasteiger partial charge in [0.15, 0.2) is 11.0 Å². The van der Waals surface area contributed by atoms with Crippen molar-refractivity contribution >= 4 is 23.9 Å². The monoisotopic (exact) mass is 473 g/mol. The Balaban J connectivity index is 1.51. The molecule has 3 aromatic carbocycles. The van der Waals surface area contributed by atoms with Gasteiger partial charge in [0.1, 0.15) is 11.5 Å². The molecule has 0 radical (unpaired) electrons. The lowest BCUT2D eigenvalue weighted by Crippen LogP contribution is -2.20. The van der Waals surface area contributed by atoms with E-state index in [1.807, 2.05) is 66.1 Å². The van der Waals surface area contributed by atoms with Crippen LogP contribution in [0.15, 0.2) is 89.1 Å². The zero-order valence-electron chi connectivity index (χ0n) is 18.5. The van der Waals surface area contributed by atoms with Crippen LogP contribution in [0.25, 0.3) is 17.1 Å². The van der Waals surface area contributed by atoms with Gasteiger partial charge in [-0.05, 0) is 48.9 Å². The number of nitrogens with zero attached hydrogens (tertiary/aromatic N) is 4. The molecular formula is C25H23N5O3S. The average Bonchev–Trinajstić information content (AvgIpc) is 3.28. The fourth-order valence-electron chi connectivity index (χ4n) is 3.17. The topological polar surface area (TPSA) is 102 Å². The largest absolute Gasteiger partial charge is 0.508 e. The number of amides is 1. The van der Waals surface area contributed by atoms with Crippen LogP contribution in [0.3, 0.4) is 0 Å². The number of ether oxygens (including phenoxy) is 1. The van der Waals surface area contributed by atoms with Crippen LogP contribution in [0.4, 0.5) is 0 Å². The number of carbonyl (C=O) groups excluding carboxylic acids is 1. The number of rotatable bonds is 9. The van der Waals surface area contributed by atoms with Crippen LogP contribution in [0, 0.1) is 0 Å². The minimum Gasteiger partial charge on any atom is -0.508 e. The van der Waals surface area contributed by atoms with Crippen LogP contribution < -0.4 is 10.2 Å². The van der Waals surface area contributed by atoms with E-state index in [0.29, 0.717) is 23.2 Å². The highest BCUT2D eigenvalue weighted by Crippen LogP contribution is 2.28. The molecule has 0 aliphatic carbocycles. The molecule has 172 valence electrons. The standard InChI is InChI=1S/C25H23N5O3S/c1-2-33-22-13-11-20(12-14-22)30-24(19-8-4-3-5-9-19)28-29-25(30)34-17-23(32)27-26-16-18-7-6-10-21(31)15-18/h3-16,31H,2,17H2,1H3,(H,27,32). The maximum Gasteiger partial charge on any atom is 0.250 e. The lowest BCUT2D eigenvalue weighted by Gasteiger charge is -2.11. The van der Waals surface area contributed by atoms with E-state index in [1.165, 1.54) is 18.0 Å². The van der Waals surface area contributed by atoms with Crippen molar-refractivity contribution in [1.82, 2.24) is 20.2 Å². The first-order valence-electron chi connectivity index (χ1n) is 10.6. The van der Waals surface area contributed by atoms with Crippen molar-refractivity contribution in [3.8, 4) is 28.6 Å². The van der Waals surface area contributed by atoms with E-state index in [4.69, 9.17) is 4.74 Å². The number of aromatic hydroxyl groups is 1. The summed E-state index contributed by atoms with van der Waals surface area (Å²) in [4.78, 5) is 12.3. The summed E-state index contributed by atoms with van der Waals surface area (Å²) in [5.74, 6) is 1.40. The number of carbonyl (C=O) groups is 1. The predicted octanol–water partition coefficient (Wildman–Crippen LogP) is 4.28. The van der Waals surface area contributed by atoms with Gasteiger partial charge in [0.25, 0.3) is 5.91 Å². The van der Waals surface area contributed by atoms with Gasteiger partial charge in [0, 0.05) is 11.3 Å². The van der Waals surface area contributed by atoms with E-state index in [1.54, 1.807) is 24.3 Å². The molecule has 4 rings (SSSR count). The van der Waals surface area contributed by atoms with Crippen molar-refractivity contribution in [2.45, 2.75) is 12.1 Å². The van der Waals surface area contributed by atoms with Gasteiger partial charge in [-0.2, -0.15) is 5.10 Å². The van der Waals surface area contributed by atoms with Gasteiger partial charge in [-0.15, -0.1) is 10.2 Å². The Kier molecular flexibility index (Phi) is 7.56. The first-order valence-corrected chi connectivity index (χ1v) is 11.6. The lowest BCUT2D eigenvalue weighted by atomic mass is 10.2. The summed E-state index contributed by atoms with van der Waals surface area (Å²) >= 11 is 1.26. The molecule has 0 fully saturated rings. The van der Waals surface area contributed by atoms with Gasteiger partial charge >= 0.3 is 0 Å². The number of phenolic OH excluding ortho intramolecular Hbond substituents is 1. The Morgan fingerprint density at radius 1 is 1.09 bits per heavy atom. The van der Waals surface area contributed by atoms with Crippen LogP contribution in [0.5, 0.6) is 11.5 Å². The number of aromatic nitrogens is 3. The van der Waals surface area contributed by atoms with Crippen molar-refractivity contribution < 1.29 is 14.6 Å². The van der Waals surface area contributed by atoms with Crippen LogP contribution in [-0.4, -0.2) is 44.4 Å². The van der Waals surface area contributed by atoms with Gasteiger partial charge in [-0.3, -0.25) is 9.36 Å². The highest BCUT2D eigenvalue weighted by molar-refractivity contribution is 7.99. The molecule has 0 saturated heterocycles. The van der Waals surface area contributed by atoms with Gasteiger partial charge < -0.3 is 9.84 Å². The summed E-state index contributed by atoms with van der Waals surface area (Å²) in [5, 5.41) is 22.8. The van der Waals surface area contributed by atoms with Crippen LogP contribution in [0.1, 0.15) is 12.5 Å². The second-order valence-electron chi connectivity index (χ2n) is 7.11. The number of hydrogen-bond donors (Lipinski definition) is 2. The maximum absolute atomic E-state index is 12.3. The molecule has 1 aromatic heterocycles. The molecule has 0 atom stereocenters. The molecule has 0 bridgehead atoms. The lowest BCUT2D eigenvalue weighted by molar-refractivity contribution is -0.118. The van der Waals surface area contributed by atoms with Crippen molar-refractivity contribution in [2.75, 3.05) is 12.4 Å². The van der Waals surface area contributed by atoms with E-state index in [0.717, 1.165) is 17.0 Å². The SMILES string of the molecule is CCOc1ccc(-n2c(SCC(=O)NN=Cc3cccc(O)c3)nnc2-c2ccccc2)cc1. The zero-order valence-corrected chi connectivity index (χ0v) is 19.3. The molecule has 0 saturated carbocycles. The Morgan fingerprint density at radius 2 is 1.88 bits per heavy atom. The summed E-state index contributed by atoms with van der Waals surface area (Å²) in [5.41, 5.74) is 4.94. The molecule has 0 spiro atoms. The first-order chi connectivity index (χ1) is 16.6. The van der Waals surface area contributed by atoms with Crippen molar-refractivity contribution in [3.63, 3.8) is 0 Å². The van der Waals surface area contributed by atoms with Gasteiger partial charge in [-0.25, -0.2) is 5.43 Å².